The van der Waals surface area contributed by atoms with Gasteiger partial charge in [0, 0.05) is 0 Å². The monoisotopic (exact) mass is 476 g/mol. The van der Waals surface area contributed by atoms with Gasteiger partial charge in [0.15, 0.2) is 0 Å². The summed E-state index contributed by atoms with van der Waals surface area (Å²) in [5.74, 6) is -0.650. The van der Waals surface area contributed by atoms with Gasteiger partial charge in [0.05, 0.1) is 23.3 Å². The lowest BCUT2D eigenvalue weighted by atomic mass is 9.71. The van der Waals surface area contributed by atoms with Crippen molar-refractivity contribution >= 4 is 11.8 Å². The second-order valence-electron chi connectivity index (χ2n) is 10.8. The van der Waals surface area contributed by atoms with Gasteiger partial charge in [-0.2, -0.15) is 0 Å². The van der Waals surface area contributed by atoms with Crippen LogP contribution in [-0.2, 0) is 9.59 Å². The number of benzene rings is 2. The maximum Gasteiger partial charge on any atom is 0.236 e. The van der Waals surface area contributed by atoms with Gasteiger partial charge in [0.1, 0.15) is 5.41 Å². The zero-order valence-electron chi connectivity index (χ0n) is 20.2. The molecule has 0 saturated heterocycles. The minimum absolute atomic E-state index is 0.325. The average molecular weight is 477 g/mol. The van der Waals surface area contributed by atoms with E-state index >= 15 is 0 Å². The average Bonchev–Trinajstić information content (AvgIpc) is 3.35. The van der Waals surface area contributed by atoms with Gasteiger partial charge in [-0.25, -0.2) is 0 Å². The van der Waals surface area contributed by atoms with Crippen LogP contribution in [0.5, 0.6) is 0 Å². The van der Waals surface area contributed by atoms with Crippen molar-refractivity contribution in [3.05, 3.63) is 71.8 Å². The van der Waals surface area contributed by atoms with Crippen molar-refractivity contribution in [3.8, 4) is 0 Å². The number of nitrogens with one attached hydrogen (secondary N) is 2. The Morgan fingerprint density at radius 2 is 0.971 bits per heavy atom. The Hall–Kier alpha value is -2.70. The summed E-state index contributed by atoms with van der Waals surface area (Å²) in [6.07, 6.45) is 6.82. The van der Waals surface area contributed by atoms with Crippen molar-refractivity contribution in [2.75, 3.05) is 0 Å². The molecule has 4 N–H and O–H groups in total. The summed E-state index contributed by atoms with van der Waals surface area (Å²) in [6.45, 7) is 0. The summed E-state index contributed by atoms with van der Waals surface area (Å²) in [7, 11) is 0. The fourth-order valence-corrected chi connectivity index (χ4v) is 6.08. The first-order valence-corrected chi connectivity index (χ1v) is 13.0. The molecule has 35 heavy (non-hydrogen) atoms. The molecular formula is C29H36N2O4. The fraction of sp³-hybridized carbons (Fsp3) is 0.517. The van der Waals surface area contributed by atoms with Gasteiger partial charge in [-0.3, -0.25) is 9.59 Å². The molecule has 6 heteroatoms. The molecule has 3 fully saturated rings. The van der Waals surface area contributed by atoms with Crippen molar-refractivity contribution in [1.82, 2.24) is 10.6 Å². The first-order chi connectivity index (χ1) is 16.9. The van der Waals surface area contributed by atoms with E-state index in [2.05, 4.69) is 10.6 Å². The number of carbonyl (C=O) groups excluding carboxylic acids is 2. The third-order valence-electron chi connectivity index (χ3n) is 8.66. The minimum atomic E-state index is -1.21. The molecule has 6 nitrogen and oxygen atoms in total. The van der Waals surface area contributed by atoms with E-state index in [1.54, 1.807) is 0 Å². The van der Waals surface area contributed by atoms with Crippen LogP contribution >= 0.6 is 0 Å². The summed E-state index contributed by atoms with van der Waals surface area (Å²) < 4.78 is 0. The Bertz CT molecular complexity index is 961. The highest BCUT2D eigenvalue weighted by atomic mass is 16.3. The van der Waals surface area contributed by atoms with Gasteiger partial charge in [-0.15, -0.1) is 0 Å². The summed E-state index contributed by atoms with van der Waals surface area (Å²) in [6, 6.07) is 18.0. The predicted molar refractivity (Wildman–Crippen MR) is 133 cm³/mol. The maximum atomic E-state index is 13.9. The second kappa shape index (κ2) is 9.40. The molecule has 0 aromatic heterocycles. The number of hydrogen-bond acceptors (Lipinski definition) is 4. The van der Waals surface area contributed by atoms with E-state index in [0.717, 1.165) is 36.8 Å². The van der Waals surface area contributed by atoms with E-state index in [4.69, 9.17) is 0 Å². The van der Waals surface area contributed by atoms with Gasteiger partial charge >= 0.3 is 0 Å². The van der Waals surface area contributed by atoms with Crippen LogP contribution in [0.25, 0.3) is 0 Å². The summed E-state index contributed by atoms with van der Waals surface area (Å²) in [5, 5.41) is 28.7. The molecule has 2 atom stereocenters. The fourth-order valence-electron chi connectivity index (χ4n) is 6.08. The lowest BCUT2D eigenvalue weighted by Gasteiger charge is -2.46. The topological polar surface area (TPSA) is 98.7 Å². The van der Waals surface area contributed by atoms with E-state index in [1.807, 2.05) is 60.7 Å². The smallest absolute Gasteiger partial charge is 0.236 e. The molecule has 3 saturated carbocycles. The predicted octanol–water partition coefficient (Wildman–Crippen LogP) is 4.09. The van der Waals surface area contributed by atoms with Crippen molar-refractivity contribution < 1.29 is 19.8 Å². The molecule has 0 aliphatic heterocycles. The molecule has 2 amide bonds. The van der Waals surface area contributed by atoms with E-state index in [9.17, 15) is 19.8 Å². The Labute approximate surface area is 207 Å². The molecule has 2 aromatic carbocycles. The zero-order chi connectivity index (χ0) is 24.5. The SMILES string of the molecule is O=C(N[C@H](c1ccccc1)C1(O)CCC1)C1(C(=O)N[C@H](c2ccccc2)C2(O)CCC2)CCCC1. The van der Waals surface area contributed by atoms with E-state index < -0.39 is 28.7 Å². The van der Waals surface area contributed by atoms with Gasteiger partial charge in [0.25, 0.3) is 0 Å². The summed E-state index contributed by atoms with van der Waals surface area (Å²) in [4.78, 5) is 27.8. The first-order valence-electron chi connectivity index (χ1n) is 13.0. The molecule has 0 heterocycles. The molecule has 2 aromatic rings. The molecule has 5 rings (SSSR count). The molecule has 0 radical (unpaired) electrons. The number of rotatable bonds is 8. The normalized spacial score (nSPS) is 23.3. The van der Waals surface area contributed by atoms with Crippen LogP contribution in [0.2, 0.25) is 0 Å². The van der Waals surface area contributed by atoms with Crippen LogP contribution in [0.3, 0.4) is 0 Å². The molecule has 0 bridgehead atoms. The Morgan fingerprint density at radius 1 is 0.600 bits per heavy atom. The zero-order valence-corrected chi connectivity index (χ0v) is 20.2. The Kier molecular flexibility index (Phi) is 6.45. The van der Waals surface area contributed by atoms with Gasteiger partial charge < -0.3 is 20.8 Å². The number of carbonyl (C=O) groups is 2. The molecule has 3 aliphatic rings. The Morgan fingerprint density at radius 3 is 1.29 bits per heavy atom. The standard InChI is InChI=1S/C29H36N2O4/c32-25(30-23(28(34)17-9-18-28)21-11-3-1-4-12-21)27(15-7-8-16-27)26(33)31-24(29(35)19-10-20-29)22-13-5-2-6-14-22/h1-6,11-14,23-24,34-35H,7-10,15-20H2,(H,30,32)(H,31,33)/t23-,24-/m1/s1. The van der Waals surface area contributed by atoms with Crippen LogP contribution in [0.15, 0.2) is 60.7 Å². The number of hydrogen-bond donors (Lipinski definition) is 4. The van der Waals surface area contributed by atoms with Crippen molar-refractivity contribution in [3.63, 3.8) is 0 Å². The molecular weight excluding hydrogens is 440 g/mol. The van der Waals surface area contributed by atoms with Crippen LogP contribution < -0.4 is 10.6 Å². The molecule has 3 aliphatic carbocycles. The quantitative estimate of drug-likeness (QED) is 0.431. The molecule has 0 unspecified atom stereocenters. The van der Waals surface area contributed by atoms with E-state index in [0.29, 0.717) is 38.5 Å². The van der Waals surface area contributed by atoms with Crippen LogP contribution in [-0.4, -0.2) is 33.2 Å². The number of amides is 2. The van der Waals surface area contributed by atoms with Crippen molar-refractivity contribution in [2.24, 2.45) is 5.41 Å². The Balaban J connectivity index is 1.41. The second-order valence-corrected chi connectivity index (χ2v) is 10.8. The van der Waals surface area contributed by atoms with Crippen LogP contribution in [0.4, 0.5) is 0 Å². The van der Waals surface area contributed by atoms with Gasteiger partial charge in [0.2, 0.25) is 11.8 Å². The third kappa shape index (κ3) is 4.38. The lowest BCUT2D eigenvalue weighted by Crippen LogP contribution is -2.58. The van der Waals surface area contributed by atoms with Gasteiger partial charge in [-0.05, 0) is 62.5 Å². The summed E-state index contributed by atoms with van der Waals surface area (Å²) in [5.41, 5.74) is -1.51. The van der Waals surface area contributed by atoms with Crippen LogP contribution in [0.1, 0.15) is 87.4 Å². The largest absolute Gasteiger partial charge is 0.387 e. The highest BCUT2D eigenvalue weighted by molar-refractivity contribution is 6.05. The van der Waals surface area contributed by atoms with Crippen molar-refractivity contribution in [1.29, 1.82) is 0 Å². The first kappa shape index (κ1) is 24.0. The van der Waals surface area contributed by atoms with E-state index in [1.165, 1.54) is 0 Å². The number of aliphatic hydroxyl groups is 2. The third-order valence-corrected chi connectivity index (χ3v) is 8.66. The highest BCUT2D eigenvalue weighted by Crippen LogP contribution is 2.46. The van der Waals surface area contributed by atoms with Crippen LogP contribution in [0, 0.1) is 5.41 Å². The van der Waals surface area contributed by atoms with Gasteiger partial charge in [-0.1, -0.05) is 73.5 Å². The molecule has 186 valence electrons. The lowest BCUT2D eigenvalue weighted by molar-refractivity contribution is -0.149. The molecule has 0 spiro atoms. The van der Waals surface area contributed by atoms with Crippen molar-refractivity contribution in [2.45, 2.75) is 87.5 Å². The van der Waals surface area contributed by atoms with E-state index in [-0.39, 0.29) is 11.8 Å². The minimum Gasteiger partial charge on any atom is -0.387 e. The maximum absolute atomic E-state index is 13.9. The summed E-state index contributed by atoms with van der Waals surface area (Å²) >= 11 is 0. The highest BCUT2D eigenvalue weighted by Gasteiger charge is 2.53.